The van der Waals surface area contributed by atoms with E-state index >= 15 is 0 Å². The quantitative estimate of drug-likeness (QED) is 0.351. The maximum absolute atomic E-state index is 14.5. The highest BCUT2D eigenvalue weighted by molar-refractivity contribution is 5.71. The number of alkyl halides is 3. The van der Waals surface area contributed by atoms with Crippen LogP contribution >= 0.6 is 0 Å². The Morgan fingerprint density at radius 1 is 1.03 bits per heavy atom. The predicted octanol–water partition coefficient (Wildman–Crippen LogP) is 4.96. The van der Waals surface area contributed by atoms with Crippen LogP contribution in [0.3, 0.4) is 0 Å². The Hall–Kier alpha value is -4.02. The first-order valence-electron chi connectivity index (χ1n) is 11.8. The Labute approximate surface area is 209 Å². The zero-order chi connectivity index (χ0) is 26.2. The minimum absolute atomic E-state index is 0.0594. The van der Waals surface area contributed by atoms with Crippen LogP contribution in [0.15, 0.2) is 59.8 Å². The first kappa shape index (κ1) is 24.7. The van der Waals surface area contributed by atoms with E-state index in [1.807, 2.05) is 17.9 Å². The van der Waals surface area contributed by atoms with E-state index in [2.05, 4.69) is 19.7 Å². The van der Waals surface area contributed by atoms with Gasteiger partial charge >= 0.3 is 6.36 Å². The number of ether oxygens (including phenoxy) is 1. The smallest absolute Gasteiger partial charge is 0.404 e. The summed E-state index contributed by atoms with van der Waals surface area (Å²) in [6.07, 6.45) is 0.530. The van der Waals surface area contributed by atoms with Crippen LogP contribution in [0.1, 0.15) is 35.6 Å². The Balaban J connectivity index is 1.49. The van der Waals surface area contributed by atoms with Crippen molar-refractivity contribution in [1.82, 2.24) is 19.5 Å². The number of rotatable bonds is 5. The van der Waals surface area contributed by atoms with Gasteiger partial charge in [-0.1, -0.05) is 12.1 Å². The number of nitrogens with zero attached hydrogens (tertiary/aromatic N) is 5. The number of hydrogen-bond donors (Lipinski definition) is 0. The fourth-order valence-corrected chi connectivity index (χ4v) is 4.90. The van der Waals surface area contributed by atoms with Crippen LogP contribution in [0, 0.1) is 12.7 Å². The van der Waals surface area contributed by atoms with Gasteiger partial charge in [-0.25, -0.2) is 9.37 Å². The van der Waals surface area contributed by atoms with Gasteiger partial charge < -0.3 is 9.64 Å². The highest BCUT2D eigenvalue weighted by Crippen LogP contribution is 2.33. The number of fused-ring (bicyclic) bond motifs is 1. The first-order valence-corrected chi connectivity index (χ1v) is 11.8. The number of para-hydroxylation sites is 1. The predicted molar refractivity (Wildman–Crippen MR) is 129 cm³/mol. The average Bonchev–Trinajstić information content (AvgIpc) is 2.86. The molecule has 1 aromatic carbocycles. The number of anilines is 1. The van der Waals surface area contributed by atoms with Crippen molar-refractivity contribution in [3.05, 3.63) is 88.0 Å². The van der Waals surface area contributed by atoms with Gasteiger partial charge in [0.15, 0.2) is 11.4 Å². The summed E-state index contributed by atoms with van der Waals surface area (Å²) in [5, 5.41) is 0. The average molecular weight is 513 g/mol. The van der Waals surface area contributed by atoms with Gasteiger partial charge in [-0.2, -0.15) is 0 Å². The number of halogens is 4. The second kappa shape index (κ2) is 9.79. The maximum atomic E-state index is 14.5. The van der Waals surface area contributed by atoms with Crippen LogP contribution in [-0.4, -0.2) is 39.0 Å². The molecule has 192 valence electrons. The Morgan fingerprint density at radius 2 is 1.78 bits per heavy atom. The molecule has 1 aliphatic heterocycles. The molecular formula is C26H23F4N5O2. The number of aromatic nitrogens is 4. The van der Waals surface area contributed by atoms with Crippen molar-refractivity contribution in [3.8, 4) is 5.75 Å². The molecule has 0 atom stereocenters. The molecule has 0 bridgehead atoms. The zero-order valence-corrected chi connectivity index (χ0v) is 19.9. The highest BCUT2D eigenvalue weighted by atomic mass is 19.4. The van der Waals surface area contributed by atoms with Gasteiger partial charge in [-0.05, 0) is 55.5 Å². The summed E-state index contributed by atoms with van der Waals surface area (Å²) in [4.78, 5) is 28.3. The Bertz CT molecular complexity index is 1480. The zero-order valence-electron chi connectivity index (χ0n) is 19.9. The molecule has 0 aliphatic carbocycles. The lowest BCUT2D eigenvalue weighted by Gasteiger charge is -2.34. The van der Waals surface area contributed by atoms with Crippen molar-refractivity contribution >= 4 is 16.9 Å². The highest BCUT2D eigenvalue weighted by Gasteiger charge is 2.33. The fraction of sp³-hybridized carbons (Fsp3) is 0.308. The lowest BCUT2D eigenvalue weighted by Crippen LogP contribution is -2.36. The SMILES string of the molecule is Cc1cccc(F)c1N1CCC(c2cc3nccnc3n(Cc3ncccc3OC(F)(F)F)c2=O)CC1. The molecule has 0 radical (unpaired) electrons. The minimum Gasteiger partial charge on any atom is -0.404 e. The summed E-state index contributed by atoms with van der Waals surface area (Å²) in [6, 6.07) is 9.14. The summed E-state index contributed by atoms with van der Waals surface area (Å²) < 4.78 is 58.7. The van der Waals surface area contributed by atoms with E-state index in [4.69, 9.17) is 0 Å². The van der Waals surface area contributed by atoms with Gasteiger partial charge in [-0.3, -0.25) is 19.3 Å². The maximum Gasteiger partial charge on any atom is 0.573 e. The summed E-state index contributed by atoms with van der Waals surface area (Å²) in [7, 11) is 0. The lowest BCUT2D eigenvalue weighted by atomic mass is 9.89. The fourth-order valence-electron chi connectivity index (χ4n) is 4.90. The number of piperidine rings is 1. The van der Waals surface area contributed by atoms with E-state index in [9.17, 15) is 22.4 Å². The standard InChI is InChI=1S/C26H23F4N5O2/c1-16-4-2-5-19(27)23(16)34-12-7-17(8-13-34)18-14-20-24(33-11-10-32-20)35(25(18)36)15-21-22(6-3-9-31-21)37-26(28,29)30/h2-6,9-11,14,17H,7-8,12-13,15H2,1H3. The van der Waals surface area contributed by atoms with E-state index < -0.39 is 12.1 Å². The van der Waals surface area contributed by atoms with Crippen LogP contribution in [0.4, 0.5) is 23.2 Å². The third-order valence-corrected chi connectivity index (χ3v) is 6.57. The van der Waals surface area contributed by atoms with Gasteiger partial charge in [0.05, 0.1) is 12.2 Å². The van der Waals surface area contributed by atoms with Crippen molar-refractivity contribution < 1.29 is 22.3 Å². The summed E-state index contributed by atoms with van der Waals surface area (Å²) in [5.41, 5.74) is 2.14. The summed E-state index contributed by atoms with van der Waals surface area (Å²) in [6.45, 7) is 2.68. The van der Waals surface area contributed by atoms with Crippen LogP contribution < -0.4 is 15.2 Å². The van der Waals surface area contributed by atoms with Crippen LogP contribution in [-0.2, 0) is 6.54 Å². The minimum atomic E-state index is -4.91. The second-order valence-corrected chi connectivity index (χ2v) is 8.92. The summed E-state index contributed by atoms with van der Waals surface area (Å²) >= 11 is 0. The normalized spacial score (nSPS) is 14.8. The number of aryl methyl sites for hydroxylation is 1. The van der Waals surface area contributed by atoms with E-state index in [1.54, 1.807) is 12.1 Å². The van der Waals surface area contributed by atoms with Gasteiger partial charge in [0.1, 0.15) is 17.0 Å². The van der Waals surface area contributed by atoms with Gasteiger partial charge in [0.2, 0.25) is 0 Å². The van der Waals surface area contributed by atoms with Crippen molar-refractivity contribution in [2.75, 3.05) is 18.0 Å². The topological polar surface area (TPSA) is 73.1 Å². The van der Waals surface area contributed by atoms with E-state index in [0.29, 0.717) is 42.7 Å². The molecule has 37 heavy (non-hydrogen) atoms. The molecule has 0 spiro atoms. The molecule has 1 fully saturated rings. The monoisotopic (exact) mass is 513 g/mol. The van der Waals surface area contributed by atoms with E-state index in [0.717, 1.165) is 11.6 Å². The second-order valence-electron chi connectivity index (χ2n) is 8.92. The Kier molecular flexibility index (Phi) is 6.53. The van der Waals surface area contributed by atoms with Gasteiger partial charge in [-0.15, -0.1) is 13.2 Å². The molecule has 0 unspecified atom stereocenters. The molecule has 0 saturated carbocycles. The number of benzene rings is 1. The molecule has 7 nitrogen and oxygen atoms in total. The molecule has 4 heterocycles. The van der Waals surface area contributed by atoms with Gasteiger partial charge in [0, 0.05) is 37.2 Å². The first-order chi connectivity index (χ1) is 17.7. The molecule has 3 aromatic heterocycles. The van der Waals surface area contributed by atoms with E-state index in [1.165, 1.54) is 35.3 Å². The molecule has 0 N–H and O–H groups in total. The molecule has 0 amide bonds. The van der Waals surface area contributed by atoms with Crippen LogP contribution in [0.5, 0.6) is 5.75 Å². The van der Waals surface area contributed by atoms with Crippen LogP contribution in [0.25, 0.3) is 11.2 Å². The molecule has 1 saturated heterocycles. The molecule has 5 rings (SSSR count). The third kappa shape index (κ3) is 5.11. The summed E-state index contributed by atoms with van der Waals surface area (Å²) in [5.74, 6) is -0.907. The lowest BCUT2D eigenvalue weighted by molar-refractivity contribution is -0.275. The van der Waals surface area contributed by atoms with Gasteiger partial charge in [0.25, 0.3) is 5.56 Å². The van der Waals surface area contributed by atoms with Crippen LogP contribution in [0.2, 0.25) is 0 Å². The molecular weight excluding hydrogens is 490 g/mol. The molecule has 11 heteroatoms. The Morgan fingerprint density at radius 3 is 2.51 bits per heavy atom. The molecule has 4 aromatic rings. The van der Waals surface area contributed by atoms with E-state index in [-0.39, 0.29) is 35.2 Å². The van der Waals surface area contributed by atoms with Crippen molar-refractivity contribution in [1.29, 1.82) is 0 Å². The van der Waals surface area contributed by atoms with Crippen molar-refractivity contribution in [3.63, 3.8) is 0 Å². The number of hydrogen-bond acceptors (Lipinski definition) is 6. The molecule has 1 aliphatic rings. The van der Waals surface area contributed by atoms with Crippen molar-refractivity contribution in [2.45, 2.75) is 38.6 Å². The largest absolute Gasteiger partial charge is 0.573 e. The number of pyridine rings is 2. The van der Waals surface area contributed by atoms with Crippen molar-refractivity contribution in [2.24, 2.45) is 0 Å². The third-order valence-electron chi connectivity index (χ3n) is 6.57.